The summed E-state index contributed by atoms with van der Waals surface area (Å²) in [6, 6.07) is 12.0. The Morgan fingerprint density at radius 1 is 1.14 bits per heavy atom. The van der Waals surface area contributed by atoms with Crippen LogP contribution in [0.5, 0.6) is 5.75 Å². The second kappa shape index (κ2) is 8.51. The van der Waals surface area contributed by atoms with Crippen molar-refractivity contribution in [3.05, 3.63) is 70.4 Å². The van der Waals surface area contributed by atoms with Gasteiger partial charge in [0, 0.05) is 26.1 Å². The van der Waals surface area contributed by atoms with Gasteiger partial charge in [-0.15, -0.1) is 5.10 Å². The second-order valence-corrected chi connectivity index (χ2v) is 6.24. The highest BCUT2D eigenvalue weighted by molar-refractivity contribution is 5.97. The van der Waals surface area contributed by atoms with Crippen LogP contribution in [-0.2, 0) is 18.4 Å². The lowest BCUT2D eigenvalue weighted by atomic mass is 10.2. The lowest BCUT2D eigenvalue weighted by Gasteiger charge is -2.09. The summed E-state index contributed by atoms with van der Waals surface area (Å²) in [6.45, 7) is 1.52. The molecule has 3 rings (SSSR count). The third-order valence-electron chi connectivity index (χ3n) is 4.14. The summed E-state index contributed by atoms with van der Waals surface area (Å²) in [5.74, 6) is -0.800. The van der Waals surface area contributed by atoms with Crippen LogP contribution in [-0.4, -0.2) is 32.8 Å². The minimum atomic E-state index is -0.529. The van der Waals surface area contributed by atoms with E-state index in [-0.39, 0.29) is 35.9 Å². The Hall–Kier alpha value is -3.75. The first-order valence-corrected chi connectivity index (χ1v) is 8.82. The lowest BCUT2D eigenvalue weighted by molar-refractivity contribution is -0.131. The van der Waals surface area contributed by atoms with E-state index in [1.165, 1.54) is 52.6 Å². The lowest BCUT2D eigenvalue weighted by Crippen LogP contribution is -2.32. The molecule has 0 saturated carbocycles. The maximum absolute atomic E-state index is 13.1. The fourth-order valence-electron chi connectivity index (χ4n) is 2.75. The molecule has 8 nitrogen and oxygen atoms in total. The Kier molecular flexibility index (Phi) is 5.87. The van der Waals surface area contributed by atoms with Crippen LogP contribution in [0.1, 0.15) is 17.3 Å². The van der Waals surface area contributed by atoms with E-state index >= 15 is 0 Å². The van der Waals surface area contributed by atoms with Gasteiger partial charge in [0.25, 0.3) is 5.91 Å². The molecule has 1 amide bonds. The van der Waals surface area contributed by atoms with Crippen LogP contribution in [0.3, 0.4) is 0 Å². The minimum Gasteiger partial charge on any atom is -0.426 e. The number of ether oxygens (including phenoxy) is 1. The normalized spacial score (nSPS) is 10.6. The van der Waals surface area contributed by atoms with Crippen molar-refractivity contribution in [2.45, 2.75) is 13.5 Å². The number of aromatic nitrogens is 3. The van der Waals surface area contributed by atoms with Crippen LogP contribution < -0.4 is 15.7 Å². The largest absolute Gasteiger partial charge is 0.426 e. The van der Waals surface area contributed by atoms with E-state index in [1.54, 1.807) is 19.2 Å². The molecule has 0 aliphatic heterocycles. The molecule has 1 aromatic heterocycles. The van der Waals surface area contributed by atoms with Gasteiger partial charge in [-0.25, -0.2) is 13.9 Å². The van der Waals surface area contributed by atoms with Crippen LogP contribution in [0, 0.1) is 5.82 Å². The number of hydrogen-bond acceptors (Lipinski definition) is 5. The quantitative estimate of drug-likeness (QED) is 0.504. The maximum atomic E-state index is 13.1. The molecule has 0 radical (unpaired) electrons. The van der Waals surface area contributed by atoms with Gasteiger partial charge in [0.05, 0.1) is 12.1 Å². The van der Waals surface area contributed by atoms with Crippen LogP contribution in [0.15, 0.2) is 53.3 Å². The zero-order chi connectivity index (χ0) is 21.0. The molecule has 0 aliphatic rings. The number of nitrogens with zero attached hydrogens (tertiary/aromatic N) is 3. The number of amides is 1. The van der Waals surface area contributed by atoms with Gasteiger partial charge in [0.1, 0.15) is 11.6 Å². The molecule has 1 heterocycles. The molecule has 0 spiro atoms. The molecular weight excluding hydrogens is 379 g/mol. The zero-order valence-corrected chi connectivity index (χ0v) is 15.9. The smallest absolute Gasteiger partial charge is 0.345 e. The van der Waals surface area contributed by atoms with Crippen molar-refractivity contribution in [2.75, 3.05) is 6.54 Å². The number of para-hydroxylation sites is 1. The molecule has 0 aliphatic carbocycles. The molecule has 9 heteroatoms. The summed E-state index contributed by atoms with van der Waals surface area (Å²) >= 11 is 0. The maximum Gasteiger partial charge on any atom is 0.345 e. The van der Waals surface area contributed by atoms with Gasteiger partial charge in [-0.1, -0.05) is 12.1 Å². The number of benzene rings is 2. The first-order chi connectivity index (χ1) is 13.9. The van der Waals surface area contributed by atoms with Gasteiger partial charge in [-0.2, -0.15) is 0 Å². The number of carbonyl (C=O) groups is 2. The van der Waals surface area contributed by atoms with Gasteiger partial charge in [-0.3, -0.25) is 14.2 Å². The van der Waals surface area contributed by atoms with Gasteiger partial charge in [-0.05, 0) is 36.4 Å². The standard InChI is InChI=1S/C20H19FN4O4/c1-13(26)29-17-6-4-3-5-16(17)19(27)22-11-12-25-20(28)24(2)18(23-25)14-7-9-15(21)10-8-14/h3-10H,11-12H2,1-2H3,(H,22,27). The number of esters is 1. The monoisotopic (exact) mass is 398 g/mol. The van der Waals surface area contributed by atoms with Crippen molar-refractivity contribution in [2.24, 2.45) is 7.05 Å². The van der Waals surface area contributed by atoms with E-state index in [0.29, 0.717) is 11.4 Å². The first kappa shape index (κ1) is 20.0. The van der Waals surface area contributed by atoms with Crippen molar-refractivity contribution >= 4 is 11.9 Å². The Morgan fingerprint density at radius 2 is 1.83 bits per heavy atom. The summed E-state index contributed by atoms with van der Waals surface area (Å²) in [4.78, 5) is 35.9. The average molecular weight is 398 g/mol. The van der Waals surface area contributed by atoms with Crippen molar-refractivity contribution in [1.29, 1.82) is 0 Å². The van der Waals surface area contributed by atoms with E-state index in [2.05, 4.69) is 10.4 Å². The Labute approximate surface area is 165 Å². The van der Waals surface area contributed by atoms with Crippen LogP contribution in [0.2, 0.25) is 0 Å². The van der Waals surface area contributed by atoms with Gasteiger partial charge >= 0.3 is 11.7 Å². The van der Waals surface area contributed by atoms with E-state index in [9.17, 15) is 18.8 Å². The van der Waals surface area contributed by atoms with Crippen molar-refractivity contribution in [3.63, 3.8) is 0 Å². The highest BCUT2D eigenvalue weighted by atomic mass is 19.1. The number of carbonyl (C=O) groups excluding carboxylic acids is 2. The van der Waals surface area contributed by atoms with Gasteiger partial charge in [0.15, 0.2) is 5.82 Å². The predicted octanol–water partition coefficient (Wildman–Crippen LogP) is 1.74. The molecule has 1 N–H and O–H groups in total. The second-order valence-electron chi connectivity index (χ2n) is 6.24. The van der Waals surface area contributed by atoms with Crippen molar-refractivity contribution < 1.29 is 18.7 Å². The molecule has 150 valence electrons. The summed E-state index contributed by atoms with van der Waals surface area (Å²) in [5, 5.41) is 6.94. The molecular formula is C20H19FN4O4. The summed E-state index contributed by atoms with van der Waals surface area (Å²) in [5.41, 5.74) is 0.450. The summed E-state index contributed by atoms with van der Waals surface area (Å²) in [7, 11) is 1.57. The summed E-state index contributed by atoms with van der Waals surface area (Å²) in [6.07, 6.45) is 0. The molecule has 0 fully saturated rings. The highest BCUT2D eigenvalue weighted by Gasteiger charge is 2.15. The van der Waals surface area contributed by atoms with E-state index in [4.69, 9.17) is 4.74 Å². The zero-order valence-electron chi connectivity index (χ0n) is 15.9. The average Bonchev–Trinajstić information content (AvgIpc) is 2.97. The SMILES string of the molecule is CC(=O)Oc1ccccc1C(=O)NCCn1nc(-c2ccc(F)cc2)n(C)c1=O. The van der Waals surface area contributed by atoms with Crippen LogP contribution >= 0.6 is 0 Å². The van der Waals surface area contributed by atoms with E-state index < -0.39 is 11.9 Å². The number of halogens is 1. The highest BCUT2D eigenvalue weighted by Crippen LogP contribution is 2.18. The fraction of sp³-hybridized carbons (Fsp3) is 0.200. The van der Waals surface area contributed by atoms with Gasteiger partial charge in [0.2, 0.25) is 0 Å². The Morgan fingerprint density at radius 3 is 2.52 bits per heavy atom. The number of nitrogens with one attached hydrogen (secondary N) is 1. The topological polar surface area (TPSA) is 95.2 Å². The molecule has 29 heavy (non-hydrogen) atoms. The van der Waals surface area contributed by atoms with Gasteiger partial charge < -0.3 is 10.1 Å². The van der Waals surface area contributed by atoms with E-state index in [0.717, 1.165) is 0 Å². The number of hydrogen-bond donors (Lipinski definition) is 1. The first-order valence-electron chi connectivity index (χ1n) is 8.82. The molecule has 0 atom stereocenters. The minimum absolute atomic E-state index is 0.132. The molecule has 0 bridgehead atoms. The third-order valence-corrected chi connectivity index (χ3v) is 4.14. The van der Waals surface area contributed by atoms with Crippen molar-refractivity contribution in [1.82, 2.24) is 19.7 Å². The molecule has 0 saturated heterocycles. The molecule has 0 unspecified atom stereocenters. The van der Waals surface area contributed by atoms with Crippen molar-refractivity contribution in [3.8, 4) is 17.1 Å². The Bertz CT molecular complexity index is 1100. The summed E-state index contributed by atoms with van der Waals surface area (Å²) < 4.78 is 20.7. The van der Waals surface area contributed by atoms with E-state index in [1.807, 2.05) is 0 Å². The van der Waals surface area contributed by atoms with Crippen LogP contribution in [0.4, 0.5) is 4.39 Å². The predicted molar refractivity (Wildman–Crippen MR) is 103 cm³/mol. The molecule has 3 aromatic rings. The molecule has 2 aromatic carbocycles. The third kappa shape index (κ3) is 4.57. The number of rotatable bonds is 6. The Balaban J connectivity index is 1.69. The fourth-order valence-corrected chi connectivity index (χ4v) is 2.75. The van der Waals surface area contributed by atoms with Crippen LogP contribution in [0.25, 0.3) is 11.4 Å².